The van der Waals surface area contributed by atoms with Gasteiger partial charge in [0.15, 0.2) is 0 Å². The van der Waals surface area contributed by atoms with Gasteiger partial charge in [0.25, 0.3) is 0 Å². The van der Waals surface area contributed by atoms with Gasteiger partial charge in [0.05, 0.1) is 0 Å². The molecule has 0 rings (SSSR count). The van der Waals surface area contributed by atoms with E-state index in [-0.39, 0.29) is 56.1 Å². The van der Waals surface area contributed by atoms with Crippen molar-refractivity contribution in [2.24, 2.45) is 0 Å². The Balaban J connectivity index is -0.0000000800. The van der Waals surface area contributed by atoms with Crippen LogP contribution >= 0.6 is 0 Å². The van der Waals surface area contributed by atoms with Gasteiger partial charge < -0.3 is 0 Å². The average Bonchev–Trinajstić information content (AvgIpc) is 0.722. The van der Waals surface area contributed by atoms with Crippen LogP contribution in [0.25, 0.3) is 0 Å². The monoisotopic (exact) mass is 158 g/mol. The number of hydrogen-bond donors (Lipinski definition) is 2. The van der Waals surface area contributed by atoms with Crippen molar-refractivity contribution in [1.82, 2.24) is 0 Å². The fraction of sp³-hybridized carbons (Fsp3) is 0. The van der Waals surface area contributed by atoms with Crippen molar-refractivity contribution >= 4 is 61.8 Å². The second-order valence-corrected chi connectivity index (χ2v) is 1.34. The van der Waals surface area contributed by atoms with Gasteiger partial charge >= 0.3 is 61.8 Å². The molecule has 0 radical (unpaired) electrons. The molecule has 0 aliphatic heterocycles. The van der Waals surface area contributed by atoms with Gasteiger partial charge in [-0.1, -0.05) is 0 Å². The van der Waals surface area contributed by atoms with Gasteiger partial charge in [0, 0.05) is 0 Å². The van der Waals surface area contributed by atoms with Crippen molar-refractivity contribution in [3.05, 3.63) is 0 Å². The van der Waals surface area contributed by atoms with Crippen LogP contribution in [0, 0.1) is 0 Å². The third-order valence-corrected chi connectivity index (χ3v) is 0. The van der Waals surface area contributed by atoms with Gasteiger partial charge in [-0.3, -0.25) is 13.8 Å². The fourth-order valence-electron chi connectivity index (χ4n) is 0. The molecular formula is H4FKO4S. The molecule has 42 valence electrons. The van der Waals surface area contributed by atoms with Gasteiger partial charge in [-0.15, -0.1) is 0 Å². The molecule has 0 aliphatic carbocycles. The second-order valence-electron chi connectivity index (χ2n) is 0.448. The fourth-order valence-corrected chi connectivity index (χ4v) is 0. The molecule has 0 atom stereocenters. The van der Waals surface area contributed by atoms with E-state index in [0.29, 0.717) is 0 Å². The summed E-state index contributed by atoms with van der Waals surface area (Å²) < 4.78 is 31.6. The molecule has 0 bridgehead atoms. The first-order chi connectivity index (χ1) is 2.00. The van der Waals surface area contributed by atoms with E-state index < -0.39 is 10.4 Å². The molecule has 0 saturated heterocycles. The van der Waals surface area contributed by atoms with E-state index in [1.54, 1.807) is 0 Å². The molecule has 0 aromatic rings. The first kappa shape index (κ1) is 15.8. The number of halogens is 1. The molecule has 0 aliphatic rings. The molecular weight excluding hydrogens is 154 g/mol. The molecule has 7 heteroatoms. The minimum atomic E-state index is -4.67. The molecule has 0 spiro atoms. The van der Waals surface area contributed by atoms with Crippen LogP contribution in [0.3, 0.4) is 0 Å². The van der Waals surface area contributed by atoms with Crippen LogP contribution < -0.4 is 0 Å². The summed E-state index contributed by atoms with van der Waals surface area (Å²) in [4.78, 5) is 0. The van der Waals surface area contributed by atoms with E-state index in [1.807, 2.05) is 0 Å². The zero-order valence-electron chi connectivity index (χ0n) is 2.53. The molecule has 0 heterocycles. The van der Waals surface area contributed by atoms with Crippen LogP contribution in [-0.4, -0.2) is 68.9 Å². The molecule has 0 saturated carbocycles. The van der Waals surface area contributed by atoms with E-state index in [9.17, 15) is 0 Å². The van der Waals surface area contributed by atoms with Crippen LogP contribution in [0.4, 0.5) is 4.70 Å². The minimum absolute atomic E-state index is 0. The molecule has 7 heavy (non-hydrogen) atoms. The standard InChI is InChI=1S/FH.K.H2O4S.H/c;;1-5(2,3)4;/h1H;;(H2,1,2,3,4);. The van der Waals surface area contributed by atoms with Crippen molar-refractivity contribution in [2.75, 3.05) is 0 Å². The van der Waals surface area contributed by atoms with Crippen molar-refractivity contribution in [3.63, 3.8) is 0 Å². The van der Waals surface area contributed by atoms with Gasteiger partial charge in [0.1, 0.15) is 0 Å². The maximum atomic E-state index is 8.74. The van der Waals surface area contributed by atoms with Gasteiger partial charge in [0.2, 0.25) is 0 Å². The Morgan fingerprint density at radius 3 is 1.14 bits per heavy atom. The van der Waals surface area contributed by atoms with Crippen molar-refractivity contribution < 1.29 is 22.2 Å². The molecule has 0 aromatic heterocycles. The third-order valence-electron chi connectivity index (χ3n) is 0. The van der Waals surface area contributed by atoms with Crippen LogP contribution in [-0.2, 0) is 10.4 Å². The Kier molecular flexibility index (Phi) is 12.6. The first-order valence-electron chi connectivity index (χ1n) is 0.698. The zero-order chi connectivity index (χ0) is 4.50. The summed E-state index contributed by atoms with van der Waals surface area (Å²) in [5.74, 6) is 0. The Morgan fingerprint density at radius 1 is 1.14 bits per heavy atom. The van der Waals surface area contributed by atoms with Crippen LogP contribution in [0.15, 0.2) is 0 Å². The predicted molar refractivity (Wildman–Crippen MR) is 23.8 cm³/mol. The van der Waals surface area contributed by atoms with Crippen LogP contribution in [0.2, 0.25) is 0 Å². The molecule has 0 unspecified atom stereocenters. The van der Waals surface area contributed by atoms with Crippen LogP contribution in [0.1, 0.15) is 0 Å². The molecule has 0 amide bonds. The van der Waals surface area contributed by atoms with Crippen LogP contribution in [0.5, 0.6) is 0 Å². The summed E-state index contributed by atoms with van der Waals surface area (Å²) in [6, 6.07) is 0. The summed E-state index contributed by atoms with van der Waals surface area (Å²) >= 11 is 0. The predicted octanol–water partition coefficient (Wildman–Crippen LogP) is -1.15. The average molecular weight is 158 g/mol. The molecule has 0 aromatic carbocycles. The molecule has 0 fully saturated rings. The quantitative estimate of drug-likeness (QED) is 0.345. The normalized spacial score (nSPS) is 8.29. The SMILES string of the molecule is F.O=S(=O)(O)O.[KH]. The van der Waals surface area contributed by atoms with Gasteiger partial charge in [-0.25, -0.2) is 0 Å². The summed E-state index contributed by atoms with van der Waals surface area (Å²) in [6.45, 7) is 0. The Morgan fingerprint density at radius 2 is 1.14 bits per heavy atom. The van der Waals surface area contributed by atoms with E-state index >= 15 is 0 Å². The summed E-state index contributed by atoms with van der Waals surface area (Å²) in [7, 11) is -4.67. The summed E-state index contributed by atoms with van der Waals surface area (Å²) in [5.41, 5.74) is 0. The van der Waals surface area contributed by atoms with E-state index in [1.165, 1.54) is 0 Å². The first-order valence-corrected chi connectivity index (χ1v) is 2.10. The van der Waals surface area contributed by atoms with Crippen molar-refractivity contribution in [1.29, 1.82) is 0 Å². The number of hydrogen-bond acceptors (Lipinski definition) is 2. The zero-order valence-corrected chi connectivity index (χ0v) is 3.34. The Bertz CT molecular complexity index is 94.9. The van der Waals surface area contributed by atoms with Gasteiger partial charge in [-0.05, 0) is 0 Å². The molecule has 4 nitrogen and oxygen atoms in total. The van der Waals surface area contributed by atoms with E-state index in [4.69, 9.17) is 17.5 Å². The van der Waals surface area contributed by atoms with Gasteiger partial charge in [-0.2, -0.15) is 8.42 Å². The Hall–Kier alpha value is 1.44. The summed E-state index contributed by atoms with van der Waals surface area (Å²) in [6.07, 6.45) is 0. The maximum absolute atomic E-state index is 8.74. The van der Waals surface area contributed by atoms with Crippen molar-refractivity contribution in [2.45, 2.75) is 0 Å². The van der Waals surface area contributed by atoms with E-state index in [2.05, 4.69) is 0 Å². The third kappa shape index (κ3) is 107. The van der Waals surface area contributed by atoms with E-state index in [0.717, 1.165) is 0 Å². The topological polar surface area (TPSA) is 74.6 Å². The second kappa shape index (κ2) is 5.57. The molecule has 2 N–H and O–H groups in total. The van der Waals surface area contributed by atoms with Crippen molar-refractivity contribution in [3.8, 4) is 0 Å². The Labute approximate surface area is 82.7 Å². The summed E-state index contributed by atoms with van der Waals surface area (Å²) in [5, 5.41) is 0. The number of rotatable bonds is 0.